The van der Waals surface area contributed by atoms with Gasteiger partial charge < -0.3 is 9.15 Å². The second-order valence-electron chi connectivity index (χ2n) is 6.95. The molecule has 1 heterocycles. The highest BCUT2D eigenvalue weighted by Crippen LogP contribution is 2.30. The Hall–Kier alpha value is -3.41. The number of furan rings is 1. The van der Waals surface area contributed by atoms with E-state index in [9.17, 15) is 9.59 Å². The van der Waals surface area contributed by atoms with E-state index in [2.05, 4.69) is 10.5 Å². The SMILES string of the molecule is CCOC(=O)c1oc2c(c1C)/C(=N/NC(=O)c1cccc3ccccc13)CCC2. The molecular weight excluding hydrogens is 368 g/mol. The summed E-state index contributed by atoms with van der Waals surface area (Å²) in [6, 6.07) is 13.3. The van der Waals surface area contributed by atoms with E-state index in [0.717, 1.165) is 40.6 Å². The van der Waals surface area contributed by atoms with E-state index in [1.165, 1.54) is 0 Å². The maximum absolute atomic E-state index is 12.8. The monoisotopic (exact) mass is 390 g/mol. The van der Waals surface area contributed by atoms with Gasteiger partial charge in [0.1, 0.15) is 5.76 Å². The number of esters is 1. The van der Waals surface area contributed by atoms with Crippen LogP contribution in [0.3, 0.4) is 0 Å². The lowest BCUT2D eigenvalue weighted by Crippen LogP contribution is -2.22. The van der Waals surface area contributed by atoms with Crippen molar-refractivity contribution in [2.75, 3.05) is 6.61 Å². The zero-order valence-corrected chi connectivity index (χ0v) is 16.5. The number of amides is 1. The van der Waals surface area contributed by atoms with Crippen molar-refractivity contribution in [2.24, 2.45) is 5.10 Å². The standard InChI is InChI=1S/C23H22N2O4/c1-3-28-23(27)21-14(2)20-18(12-7-13-19(20)29-21)24-25-22(26)17-11-6-9-15-8-4-5-10-16(15)17/h4-6,8-11H,3,7,12-13H2,1-2H3,(H,25,26)/b24-18+. The molecule has 0 spiro atoms. The molecule has 0 unspecified atom stereocenters. The number of nitrogens with one attached hydrogen (secondary N) is 1. The largest absolute Gasteiger partial charge is 0.460 e. The van der Waals surface area contributed by atoms with E-state index in [-0.39, 0.29) is 18.3 Å². The number of carbonyl (C=O) groups is 2. The van der Waals surface area contributed by atoms with Crippen molar-refractivity contribution in [2.45, 2.75) is 33.1 Å². The Labute approximate surface area is 168 Å². The highest BCUT2D eigenvalue weighted by molar-refractivity contribution is 6.09. The molecule has 0 saturated carbocycles. The summed E-state index contributed by atoms with van der Waals surface area (Å²) in [5.74, 6) is 0.188. The van der Waals surface area contributed by atoms with E-state index in [1.807, 2.05) is 43.3 Å². The van der Waals surface area contributed by atoms with Crippen LogP contribution in [-0.2, 0) is 11.2 Å². The number of hydrogen-bond donors (Lipinski definition) is 1. The molecular formula is C23H22N2O4. The molecule has 0 fully saturated rings. The highest BCUT2D eigenvalue weighted by atomic mass is 16.5. The van der Waals surface area contributed by atoms with E-state index < -0.39 is 5.97 Å². The number of carbonyl (C=O) groups excluding carboxylic acids is 2. The van der Waals surface area contributed by atoms with Gasteiger partial charge in [0, 0.05) is 23.1 Å². The fourth-order valence-corrected chi connectivity index (χ4v) is 3.77. The molecule has 148 valence electrons. The number of hydrazone groups is 1. The molecule has 6 nitrogen and oxygen atoms in total. The summed E-state index contributed by atoms with van der Waals surface area (Å²) in [5, 5.41) is 6.27. The second-order valence-corrected chi connectivity index (χ2v) is 6.95. The number of ether oxygens (including phenoxy) is 1. The minimum absolute atomic E-state index is 0.215. The first-order valence-electron chi connectivity index (χ1n) is 9.74. The van der Waals surface area contributed by atoms with Crippen LogP contribution in [0.5, 0.6) is 0 Å². The van der Waals surface area contributed by atoms with Crippen molar-refractivity contribution < 1.29 is 18.7 Å². The van der Waals surface area contributed by atoms with Crippen molar-refractivity contribution in [1.29, 1.82) is 0 Å². The third-order valence-corrected chi connectivity index (χ3v) is 5.11. The highest BCUT2D eigenvalue weighted by Gasteiger charge is 2.28. The summed E-state index contributed by atoms with van der Waals surface area (Å²) in [6.07, 6.45) is 2.27. The first-order valence-corrected chi connectivity index (χ1v) is 9.74. The number of rotatable bonds is 4. The van der Waals surface area contributed by atoms with Gasteiger partial charge >= 0.3 is 5.97 Å². The Morgan fingerprint density at radius 1 is 1.14 bits per heavy atom. The Kier molecular flexibility index (Phi) is 5.16. The number of benzene rings is 2. The van der Waals surface area contributed by atoms with Crippen molar-refractivity contribution in [3.05, 3.63) is 70.7 Å². The third-order valence-electron chi connectivity index (χ3n) is 5.11. The van der Waals surface area contributed by atoms with Gasteiger partial charge in [-0.1, -0.05) is 36.4 Å². The Bertz CT molecular complexity index is 1120. The molecule has 0 saturated heterocycles. The summed E-state index contributed by atoms with van der Waals surface area (Å²) < 4.78 is 10.8. The topological polar surface area (TPSA) is 80.9 Å². The number of fused-ring (bicyclic) bond motifs is 2. The molecule has 1 aliphatic rings. The summed E-state index contributed by atoms with van der Waals surface area (Å²) in [5.41, 5.74) is 5.48. The van der Waals surface area contributed by atoms with Crippen LogP contribution in [0.15, 0.2) is 52.0 Å². The fourth-order valence-electron chi connectivity index (χ4n) is 3.77. The van der Waals surface area contributed by atoms with Crippen LogP contribution in [0.2, 0.25) is 0 Å². The maximum Gasteiger partial charge on any atom is 0.374 e. The zero-order chi connectivity index (χ0) is 20.4. The van der Waals surface area contributed by atoms with E-state index in [1.54, 1.807) is 13.0 Å². The van der Waals surface area contributed by atoms with Crippen LogP contribution in [-0.4, -0.2) is 24.2 Å². The lowest BCUT2D eigenvalue weighted by molar-refractivity contribution is 0.0486. The molecule has 6 heteroatoms. The lowest BCUT2D eigenvalue weighted by Gasteiger charge is -2.13. The Morgan fingerprint density at radius 3 is 2.76 bits per heavy atom. The van der Waals surface area contributed by atoms with Crippen molar-refractivity contribution in [1.82, 2.24) is 5.43 Å². The molecule has 1 aromatic heterocycles. The second kappa shape index (κ2) is 7.91. The van der Waals surface area contributed by atoms with Crippen LogP contribution >= 0.6 is 0 Å². The van der Waals surface area contributed by atoms with Crippen LogP contribution in [0.25, 0.3) is 10.8 Å². The van der Waals surface area contributed by atoms with Gasteiger partial charge in [0.15, 0.2) is 0 Å². The summed E-state index contributed by atoms with van der Waals surface area (Å²) in [7, 11) is 0. The molecule has 1 aliphatic carbocycles. The predicted octanol–water partition coefficient (Wildman–Crippen LogP) is 4.39. The van der Waals surface area contributed by atoms with Crippen LogP contribution in [0.4, 0.5) is 0 Å². The molecule has 3 aromatic rings. The molecule has 0 atom stereocenters. The zero-order valence-electron chi connectivity index (χ0n) is 16.5. The molecule has 0 radical (unpaired) electrons. The van der Waals surface area contributed by atoms with Crippen molar-refractivity contribution in [3.63, 3.8) is 0 Å². The Morgan fingerprint density at radius 2 is 1.93 bits per heavy atom. The number of hydrogen-bond acceptors (Lipinski definition) is 5. The smallest absolute Gasteiger partial charge is 0.374 e. The van der Waals surface area contributed by atoms with Gasteiger partial charge in [0.05, 0.1) is 12.3 Å². The van der Waals surface area contributed by atoms with Crippen molar-refractivity contribution >= 4 is 28.4 Å². The maximum atomic E-state index is 12.8. The average molecular weight is 390 g/mol. The van der Waals surface area contributed by atoms with Crippen LogP contribution < -0.4 is 5.43 Å². The molecule has 4 rings (SSSR count). The van der Waals surface area contributed by atoms with Crippen LogP contribution in [0.1, 0.15) is 57.6 Å². The van der Waals surface area contributed by atoms with E-state index in [0.29, 0.717) is 17.5 Å². The Balaban J connectivity index is 1.63. The number of nitrogens with zero attached hydrogens (tertiary/aromatic N) is 1. The molecule has 29 heavy (non-hydrogen) atoms. The van der Waals surface area contributed by atoms with E-state index >= 15 is 0 Å². The first kappa shape index (κ1) is 18.9. The molecule has 1 N–H and O–H groups in total. The van der Waals surface area contributed by atoms with Gasteiger partial charge in [0.2, 0.25) is 5.76 Å². The van der Waals surface area contributed by atoms with Gasteiger partial charge in [-0.25, -0.2) is 10.2 Å². The van der Waals surface area contributed by atoms with Crippen molar-refractivity contribution in [3.8, 4) is 0 Å². The molecule has 0 aliphatic heterocycles. The molecule has 1 amide bonds. The van der Waals surface area contributed by atoms with Gasteiger partial charge in [-0.3, -0.25) is 4.79 Å². The number of aryl methyl sites for hydroxylation is 1. The minimum Gasteiger partial charge on any atom is -0.460 e. The quantitative estimate of drug-likeness (QED) is 0.529. The van der Waals surface area contributed by atoms with Gasteiger partial charge in [0.25, 0.3) is 5.91 Å². The third kappa shape index (κ3) is 3.53. The van der Waals surface area contributed by atoms with Gasteiger partial charge in [-0.15, -0.1) is 0 Å². The summed E-state index contributed by atoms with van der Waals surface area (Å²) >= 11 is 0. The predicted molar refractivity (Wildman–Crippen MR) is 110 cm³/mol. The molecule has 0 bridgehead atoms. The van der Waals surface area contributed by atoms with E-state index in [4.69, 9.17) is 9.15 Å². The normalized spacial score (nSPS) is 14.6. The van der Waals surface area contributed by atoms with Gasteiger partial charge in [-0.05, 0) is 43.5 Å². The summed E-state index contributed by atoms with van der Waals surface area (Å²) in [4.78, 5) is 24.9. The van der Waals surface area contributed by atoms with Crippen LogP contribution in [0, 0.1) is 6.92 Å². The molecule has 2 aromatic carbocycles. The fraction of sp³-hybridized carbons (Fsp3) is 0.261. The first-order chi connectivity index (χ1) is 14.1. The summed E-state index contributed by atoms with van der Waals surface area (Å²) in [6.45, 7) is 3.86. The lowest BCUT2D eigenvalue weighted by atomic mass is 9.93. The minimum atomic E-state index is -0.474. The average Bonchev–Trinajstić information content (AvgIpc) is 3.09. The van der Waals surface area contributed by atoms with Gasteiger partial charge in [-0.2, -0.15) is 5.10 Å².